The van der Waals surface area contributed by atoms with E-state index in [9.17, 15) is 24.3 Å². The first-order chi connectivity index (χ1) is 17.9. The highest BCUT2D eigenvalue weighted by atomic mass is 127. The van der Waals surface area contributed by atoms with Gasteiger partial charge in [-0.15, -0.1) is 0 Å². The second-order valence-electron chi connectivity index (χ2n) is 8.51. The summed E-state index contributed by atoms with van der Waals surface area (Å²) in [5.41, 5.74) is 11.3. The van der Waals surface area contributed by atoms with Gasteiger partial charge < -0.3 is 43.2 Å². The average Bonchev–Trinajstić information content (AvgIpc) is 2.82. The van der Waals surface area contributed by atoms with Gasteiger partial charge in [-0.1, -0.05) is 12.1 Å². The average molecular weight is 646 g/mol. The van der Waals surface area contributed by atoms with Crippen LogP contribution in [0.15, 0.2) is 24.3 Å². The lowest BCUT2D eigenvalue weighted by Gasteiger charge is -2.24. The first-order valence-electron chi connectivity index (χ1n) is 11.9. The Morgan fingerprint density at radius 1 is 0.842 bits per heavy atom. The minimum atomic E-state index is -1.24. The van der Waals surface area contributed by atoms with Gasteiger partial charge in [-0.3, -0.25) is 25.2 Å². The van der Waals surface area contributed by atoms with E-state index in [1.165, 1.54) is 6.92 Å². The van der Waals surface area contributed by atoms with Gasteiger partial charge in [-0.25, -0.2) is 4.79 Å². The van der Waals surface area contributed by atoms with Crippen molar-refractivity contribution in [1.82, 2.24) is 26.6 Å². The smallest absolute Gasteiger partial charge is 0.326 e. The molecule has 1 aromatic rings. The molecule has 0 aliphatic rings. The molecule has 0 saturated carbocycles. The van der Waals surface area contributed by atoms with Crippen LogP contribution in [0.4, 0.5) is 0 Å². The van der Waals surface area contributed by atoms with E-state index in [2.05, 4.69) is 49.2 Å². The number of amides is 3. The monoisotopic (exact) mass is 645 g/mol. The Kier molecular flexibility index (Phi) is 14.5. The molecule has 38 heavy (non-hydrogen) atoms. The van der Waals surface area contributed by atoms with Crippen LogP contribution in [-0.4, -0.2) is 71.9 Å². The van der Waals surface area contributed by atoms with E-state index in [0.29, 0.717) is 24.9 Å². The highest BCUT2D eigenvalue weighted by Gasteiger charge is 2.29. The minimum absolute atomic E-state index is 0.0439. The maximum absolute atomic E-state index is 13.1. The van der Waals surface area contributed by atoms with Crippen molar-refractivity contribution in [2.75, 3.05) is 13.1 Å². The van der Waals surface area contributed by atoms with Crippen LogP contribution in [0.3, 0.4) is 0 Å². The standard InChI is InChI=1S/C23H36IN9O5/c1-13(34)31-16(4-2-10-29-22(25)26)19(35)32-17(5-3-11-30-23(27)28)20(36)33-18(21(37)38)12-14-6-8-15(24)9-7-14/h6-9,16-18H,2-5,10-12H2,1H3,(H,31,34)(H,32,35)(H,33,36)(H,37,38)(H4,25,26,29)(H4,27,28,30)/t16-,17-,18+/m0/s1. The van der Waals surface area contributed by atoms with Gasteiger partial charge in [-0.2, -0.15) is 0 Å². The molecule has 15 heteroatoms. The number of hydrogen-bond donors (Lipinski definition) is 10. The van der Waals surface area contributed by atoms with Gasteiger partial charge in [0.15, 0.2) is 11.9 Å². The molecule has 1 aromatic carbocycles. The van der Waals surface area contributed by atoms with Crippen LogP contribution in [0.25, 0.3) is 0 Å². The van der Waals surface area contributed by atoms with Crippen molar-refractivity contribution in [2.24, 2.45) is 11.5 Å². The number of carboxylic acid groups (broad SMARTS) is 1. The Hall–Kier alpha value is -3.63. The van der Waals surface area contributed by atoms with E-state index in [1.54, 1.807) is 12.1 Å². The summed E-state index contributed by atoms with van der Waals surface area (Å²) in [6.07, 6.45) is 1.10. The zero-order valence-electron chi connectivity index (χ0n) is 21.1. The fraction of sp³-hybridized carbons (Fsp3) is 0.478. The van der Waals surface area contributed by atoms with Crippen molar-refractivity contribution in [1.29, 1.82) is 10.8 Å². The molecule has 0 radical (unpaired) electrons. The summed E-state index contributed by atoms with van der Waals surface area (Å²) in [5, 5.41) is 37.0. The number of benzene rings is 1. The molecule has 0 aromatic heterocycles. The maximum atomic E-state index is 13.1. The van der Waals surface area contributed by atoms with Crippen molar-refractivity contribution in [3.05, 3.63) is 33.4 Å². The number of halogens is 1. The van der Waals surface area contributed by atoms with Crippen molar-refractivity contribution in [2.45, 2.75) is 57.2 Å². The number of rotatable bonds is 16. The van der Waals surface area contributed by atoms with Gasteiger partial charge in [0.2, 0.25) is 17.7 Å². The number of guanidine groups is 2. The first kappa shape index (κ1) is 32.4. The molecule has 0 fully saturated rings. The van der Waals surface area contributed by atoms with Crippen molar-refractivity contribution < 1.29 is 24.3 Å². The lowest BCUT2D eigenvalue weighted by molar-refractivity contribution is -0.142. The lowest BCUT2D eigenvalue weighted by Crippen LogP contribution is -2.56. The molecule has 0 aliphatic heterocycles. The molecule has 0 bridgehead atoms. The summed E-state index contributed by atoms with van der Waals surface area (Å²) < 4.78 is 0.981. The molecule has 210 valence electrons. The van der Waals surface area contributed by atoms with E-state index in [0.717, 1.165) is 3.57 Å². The molecule has 0 spiro atoms. The molecule has 3 amide bonds. The van der Waals surface area contributed by atoms with Crippen LogP contribution in [0, 0.1) is 14.4 Å². The number of carboxylic acids is 1. The van der Waals surface area contributed by atoms with E-state index in [1.807, 2.05) is 12.1 Å². The Labute approximate surface area is 234 Å². The Balaban J connectivity index is 2.97. The van der Waals surface area contributed by atoms with Crippen molar-refractivity contribution in [3.8, 4) is 0 Å². The Morgan fingerprint density at radius 3 is 1.71 bits per heavy atom. The number of carbonyl (C=O) groups excluding carboxylic acids is 3. The SMILES string of the molecule is CC(=O)N[C@@H](CCCNC(=N)N)C(=O)N[C@@H](CCCNC(=N)N)C(=O)N[C@H](Cc1ccc(I)cc1)C(=O)O. The van der Waals surface area contributed by atoms with Gasteiger partial charge in [0, 0.05) is 30.0 Å². The van der Waals surface area contributed by atoms with Gasteiger partial charge in [0.1, 0.15) is 18.1 Å². The Bertz CT molecular complexity index is 990. The number of nitrogens with one attached hydrogen (secondary N) is 7. The third kappa shape index (κ3) is 13.6. The predicted octanol–water partition coefficient (Wildman–Crippen LogP) is -1.08. The fourth-order valence-electron chi connectivity index (χ4n) is 3.44. The van der Waals surface area contributed by atoms with Crippen LogP contribution in [0.1, 0.15) is 38.2 Å². The van der Waals surface area contributed by atoms with E-state index in [-0.39, 0.29) is 37.7 Å². The molecular formula is C23H36IN9O5. The van der Waals surface area contributed by atoms with Gasteiger partial charge in [0.05, 0.1) is 0 Å². The number of carbonyl (C=O) groups is 4. The van der Waals surface area contributed by atoms with Gasteiger partial charge in [-0.05, 0) is 66.0 Å². The first-order valence-corrected chi connectivity index (χ1v) is 13.0. The molecule has 3 atom stereocenters. The second-order valence-corrected chi connectivity index (χ2v) is 9.76. The second kappa shape index (κ2) is 17.0. The summed E-state index contributed by atoms with van der Waals surface area (Å²) >= 11 is 2.13. The molecule has 0 saturated heterocycles. The summed E-state index contributed by atoms with van der Waals surface area (Å²) in [6.45, 7) is 1.82. The van der Waals surface area contributed by atoms with Crippen LogP contribution >= 0.6 is 22.6 Å². The zero-order valence-corrected chi connectivity index (χ0v) is 23.3. The predicted molar refractivity (Wildman–Crippen MR) is 150 cm³/mol. The molecule has 1 rings (SSSR count). The number of nitrogens with two attached hydrogens (primary N) is 2. The summed E-state index contributed by atoms with van der Waals surface area (Å²) in [4.78, 5) is 49.7. The highest BCUT2D eigenvalue weighted by Crippen LogP contribution is 2.10. The highest BCUT2D eigenvalue weighted by molar-refractivity contribution is 14.1. The summed E-state index contributed by atoms with van der Waals surface area (Å²) in [5.74, 6) is -3.46. The van der Waals surface area contributed by atoms with Crippen LogP contribution < -0.4 is 38.1 Å². The van der Waals surface area contributed by atoms with Crippen LogP contribution in [0.5, 0.6) is 0 Å². The Morgan fingerprint density at radius 2 is 1.29 bits per heavy atom. The zero-order chi connectivity index (χ0) is 28.7. The van der Waals surface area contributed by atoms with E-state index in [4.69, 9.17) is 22.3 Å². The third-order valence-electron chi connectivity index (χ3n) is 5.26. The number of hydrogen-bond acceptors (Lipinski definition) is 6. The fourth-order valence-corrected chi connectivity index (χ4v) is 3.80. The quantitative estimate of drug-likeness (QED) is 0.0454. The van der Waals surface area contributed by atoms with E-state index >= 15 is 0 Å². The molecule has 0 aliphatic carbocycles. The topological polar surface area (TPSA) is 248 Å². The molecule has 12 N–H and O–H groups in total. The van der Waals surface area contributed by atoms with Crippen LogP contribution in [-0.2, 0) is 25.6 Å². The minimum Gasteiger partial charge on any atom is -0.480 e. The van der Waals surface area contributed by atoms with Crippen molar-refractivity contribution >= 4 is 58.2 Å². The van der Waals surface area contributed by atoms with Gasteiger partial charge >= 0.3 is 5.97 Å². The van der Waals surface area contributed by atoms with Gasteiger partial charge in [0.25, 0.3) is 0 Å². The molecule has 0 heterocycles. The molecule has 14 nitrogen and oxygen atoms in total. The third-order valence-corrected chi connectivity index (χ3v) is 5.98. The summed E-state index contributed by atoms with van der Waals surface area (Å²) in [7, 11) is 0. The molecular weight excluding hydrogens is 609 g/mol. The maximum Gasteiger partial charge on any atom is 0.326 e. The lowest BCUT2D eigenvalue weighted by atomic mass is 10.0. The normalized spacial score (nSPS) is 12.8. The van der Waals surface area contributed by atoms with E-state index < -0.39 is 41.8 Å². The van der Waals surface area contributed by atoms with Crippen molar-refractivity contribution in [3.63, 3.8) is 0 Å². The summed E-state index contributed by atoms with van der Waals surface area (Å²) in [6, 6.07) is 3.90. The molecule has 0 unspecified atom stereocenters. The number of aliphatic carboxylic acids is 1. The van der Waals surface area contributed by atoms with Crippen LogP contribution in [0.2, 0.25) is 0 Å². The largest absolute Gasteiger partial charge is 0.480 e.